The van der Waals surface area contributed by atoms with Crippen molar-refractivity contribution >= 4 is 10.1 Å². The maximum absolute atomic E-state index is 11.1. The summed E-state index contributed by atoms with van der Waals surface area (Å²) < 4.78 is 31.4. The zero-order chi connectivity index (χ0) is 16.3. The van der Waals surface area contributed by atoms with Gasteiger partial charge in [-0.15, -0.1) is 0 Å². The quantitative estimate of drug-likeness (QED) is 0.799. The lowest BCUT2D eigenvalue weighted by Crippen LogP contribution is -2.29. The maximum atomic E-state index is 11.1. The van der Waals surface area contributed by atoms with Gasteiger partial charge < -0.3 is 0 Å². The fourth-order valence-electron chi connectivity index (χ4n) is 4.77. The van der Waals surface area contributed by atoms with Crippen LogP contribution in [0.25, 0.3) is 0 Å². The first-order chi connectivity index (χ1) is 11.0. The molecular formula is C19H28O3S. The summed E-state index contributed by atoms with van der Waals surface area (Å²) in [7, 11) is -4.08. The minimum absolute atomic E-state index is 0.00581. The minimum atomic E-state index is -4.08. The van der Waals surface area contributed by atoms with Crippen molar-refractivity contribution in [1.82, 2.24) is 0 Å². The molecule has 0 spiro atoms. The Labute approximate surface area is 140 Å². The van der Waals surface area contributed by atoms with E-state index >= 15 is 0 Å². The Morgan fingerprint density at radius 2 is 1.48 bits per heavy atom. The van der Waals surface area contributed by atoms with E-state index in [4.69, 9.17) is 4.55 Å². The van der Waals surface area contributed by atoms with Gasteiger partial charge in [0, 0.05) is 0 Å². The van der Waals surface area contributed by atoms with Gasteiger partial charge in [0.05, 0.1) is 4.90 Å². The Morgan fingerprint density at radius 1 is 0.870 bits per heavy atom. The van der Waals surface area contributed by atoms with Crippen LogP contribution in [0.4, 0.5) is 0 Å². The average molecular weight is 336 g/mol. The van der Waals surface area contributed by atoms with Gasteiger partial charge in [-0.2, -0.15) is 8.42 Å². The molecule has 1 N–H and O–H groups in total. The maximum Gasteiger partial charge on any atom is 0.294 e. The van der Waals surface area contributed by atoms with E-state index < -0.39 is 10.1 Å². The van der Waals surface area contributed by atoms with E-state index in [1.54, 1.807) is 0 Å². The van der Waals surface area contributed by atoms with Gasteiger partial charge in [-0.25, -0.2) is 0 Å². The fraction of sp³-hybridized carbons (Fsp3) is 0.684. The smallest absolute Gasteiger partial charge is 0.282 e. The Bertz CT molecular complexity index is 600. The zero-order valence-corrected chi connectivity index (χ0v) is 14.6. The average Bonchev–Trinajstić information content (AvgIpc) is 2.56. The number of rotatable bonds is 4. The Kier molecular flexibility index (Phi) is 5.42. The Hall–Kier alpha value is -0.870. The molecular weight excluding hydrogens is 308 g/mol. The number of hydrogen-bond donors (Lipinski definition) is 1. The largest absolute Gasteiger partial charge is 0.294 e. The molecule has 0 bridgehead atoms. The predicted molar refractivity (Wildman–Crippen MR) is 92.0 cm³/mol. The molecule has 0 heterocycles. The summed E-state index contributed by atoms with van der Waals surface area (Å²) in [6.07, 6.45) is 13.5. The van der Waals surface area contributed by atoms with Crippen LogP contribution in [0.3, 0.4) is 0 Å². The second-order valence-electron chi connectivity index (χ2n) is 7.43. The van der Waals surface area contributed by atoms with Crippen molar-refractivity contribution in [1.29, 1.82) is 0 Å². The summed E-state index contributed by atoms with van der Waals surface area (Å²) in [5.74, 6) is 2.50. The molecule has 2 fully saturated rings. The second-order valence-corrected chi connectivity index (χ2v) is 8.85. The Morgan fingerprint density at radius 3 is 2.13 bits per heavy atom. The zero-order valence-electron chi connectivity index (χ0n) is 13.8. The van der Waals surface area contributed by atoms with Crippen molar-refractivity contribution in [2.45, 2.75) is 69.1 Å². The molecule has 0 saturated heterocycles. The van der Waals surface area contributed by atoms with Crippen molar-refractivity contribution in [2.75, 3.05) is 0 Å². The molecule has 3 rings (SSSR count). The van der Waals surface area contributed by atoms with E-state index in [0.29, 0.717) is 0 Å². The van der Waals surface area contributed by atoms with Gasteiger partial charge in [0.2, 0.25) is 0 Å². The third-order valence-corrected chi connectivity index (χ3v) is 6.81. The highest BCUT2D eigenvalue weighted by Crippen LogP contribution is 2.42. The molecule has 1 aromatic carbocycles. The fourth-order valence-corrected chi connectivity index (χ4v) is 5.25. The van der Waals surface area contributed by atoms with Gasteiger partial charge >= 0.3 is 0 Å². The molecule has 2 aliphatic rings. The number of hydrogen-bond acceptors (Lipinski definition) is 2. The van der Waals surface area contributed by atoms with E-state index in [1.807, 2.05) is 12.1 Å². The molecule has 3 nitrogen and oxygen atoms in total. The van der Waals surface area contributed by atoms with Crippen LogP contribution in [-0.4, -0.2) is 13.0 Å². The molecule has 4 heteroatoms. The highest BCUT2D eigenvalue weighted by molar-refractivity contribution is 7.85. The molecule has 23 heavy (non-hydrogen) atoms. The van der Waals surface area contributed by atoms with Crippen molar-refractivity contribution in [2.24, 2.45) is 17.8 Å². The van der Waals surface area contributed by atoms with Gasteiger partial charge in [-0.1, -0.05) is 57.1 Å². The van der Waals surface area contributed by atoms with Crippen LogP contribution < -0.4 is 0 Å². The summed E-state index contributed by atoms with van der Waals surface area (Å²) >= 11 is 0. The molecule has 2 saturated carbocycles. The molecule has 128 valence electrons. The lowest BCUT2D eigenvalue weighted by molar-refractivity contribution is 0.128. The van der Waals surface area contributed by atoms with Crippen LogP contribution in [0.5, 0.6) is 0 Å². The van der Waals surface area contributed by atoms with Crippen LogP contribution in [0, 0.1) is 17.8 Å². The standard InChI is InChI=1S/C19H28O3S/c20-23(21,22)18-12-10-15(11-13-18)14-17-8-4-5-9-19(17)16-6-2-1-3-7-16/h10-13,16-17,19H,1-9,14H2,(H,20,21,22). The molecule has 0 radical (unpaired) electrons. The first kappa shape index (κ1) is 17.0. The van der Waals surface area contributed by atoms with Gasteiger partial charge in [0.15, 0.2) is 0 Å². The van der Waals surface area contributed by atoms with Crippen molar-refractivity contribution in [3.05, 3.63) is 29.8 Å². The number of benzene rings is 1. The summed E-state index contributed by atoms with van der Waals surface area (Å²) in [5, 5.41) is 0. The summed E-state index contributed by atoms with van der Waals surface area (Å²) in [6.45, 7) is 0. The summed E-state index contributed by atoms with van der Waals surface area (Å²) in [6, 6.07) is 6.80. The van der Waals surface area contributed by atoms with Crippen molar-refractivity contribution < 1.29 is 13.0 Å². The lowest BCUT2D eigenvalue weighted by Gasteiger charge is -2.39. The van der Waals surface area contributed by atoms with Crippen molar-refractivity contribution in [3.63, 3.8) is 0 Å². The van der Waals surface area contributed by atoms with Gasteiger partial charge in [-0.3, -0.25) is 4.55 Å². The molecule has 0 amide bonds. The Balaban J connectivity index is 1.69. The van der Waals surface area contributed by atoms with Crippen LogP contribution in [0.2, 0.25) is 0 Å². The lowest BCUT2D eigenvalue weighted by atomic mass is 9.66. The first-order valence-electron chi connectivity index (χ1n) is 9.10. The van der Waals surface area contributed by atoms with Crippen LogP contribution in [-0.2, 0) is 16.5 Å². The molecule has 0 aliphatic heterocycles. The molecule has 0 aromatic heterocycles. The normalized spacial score (nSPS) is 27.0. The first-order valence-corrected chi connectivity index (χ1v) is 10.5. The molecule has 2 unspecified atom stereocenters. The van der Waals surface area contributed by atoms with Gasteiger partial charge in [0.1, 0.15) is 0 Å². The van der Waals surface area contributed by atoms with E-state index in [0.717, 1.165) is 24.2 Å². The monoisotopic (exact) mass is 336 g/mol. The summed E-state index contributed by atoms with van der Waals surface area (Å²) in [4.78, 5) is -0.00581. The van der Waals surface area contributed by atoms with E-state index in [1.165, 1.54) is 75.5 Å². The van der Waals surface area contributed by atoms with E-state index in [2.05, 4.69) is 0 Å². The third-order valence-electron chi connectivity index (χ3n) is 5.94. The van der Waals surface area contributed by atoms with Crippen LogP contribution >= 0.6 is 0 Å². The van der Waals surface area contributed by atoms with Crippen LogP contribution in [0.1, 0.15) is 63.4 Å². The second kappa shape index (κ2) is 7.35. The minimum Gasteiger partial charge on any atom is -0.282 e. The molecule has 2 atom stereocenters. The highest BCUT2D eigenvalue weighted by atomic mass is 32.2. The molecule has 1 aromatic rings. The van der Waals surface area contributed by atoms with Crippen molar-refractivity contribution in [3.8, 4) is 0 Å². The topological polar surface area (TPSA) is 54.4 Å². The SMILES string of the molecule is O=S(=O)(O)c1ccc(CC2CCCCC2C2CCCCC2)cc1. The third kappa shape index (κ3) is 4.36. The predicted octanol–water partition coefficient (Wildman–Crippen LogP) is 4.86. The van der Waals surface area contributed by atoms with Gasteiger partial charge in [-0.05, 0) is 54.7 Å². The molecule has 2 aliphatic carbocycles. The van der Waals surface area contributed by atoms with Gasteiger partial charge in [0.25, 0.3) is 10.1 Å². The highest BCUT2D eigenvalue weighted by Gasteiger charge is 2.32. The van der Waals surface area contributed by atoms with Crippen LogP contribution in [0.15, 0.2) is 29.2 Å². The summed E-state index contributed by atoms with van der Waals surface area (Å²) in [5.41, 5.74) is 1.20. The van der Waals surface area contributed by atoms with E-state index in [-0.39, 0.29) is 4.90 Å². The van der Waals surface area contributed by atoms with E-state index in [9.17, 15) is 8.42 Å².